The molecule has 0 unspecified atom stereocenters. The molecule has 0 heterocycles. The van der Waals surface area contributed by atoms with Crippen molar-refractivity contribution in [2.75, 3.05) is 18.0 Å². The first-order valence-electron chi connectivity index (χ1n) is 6.98. The maximum atomic E-state index is 12.9. The molecule has 1 aromatic carbocycles. The van der Waals surface area contributed by atoms with Gasteiger partial charge in [-0.05, 0) is 31.0 Å². The van der Waals surface area contributed by atoms with E-state index in [-0.39, 0.29) is 19.0 Å². The van der Waals surface area contributed by atoms with E-state index >= 15 is 0 Å². The van der Waals surface area contributed by atoms with Crippen molar-refractivity contribution in [2.24, 2.45) is 11.1 Å². The van der Waals surface area contributed by atoms with Gasteiger partial charge in [-0.1, -0.05) is 30.5 Å². The van der Waals surface area contributed by atoms with Gasteiger partial charge in [-0.15, -0.1) is 0 Å². The Morgan fingerprint density at radius 2 is 2.00 bits per heavy atom. The van der Waals surface area contributed by atoms with Crippen LogP contribution in [0.4, 0.5) is 5.69 Å². The highest BCUT2D eigenvalue weighted by Gasteiger charge is 2.43. The molecule has 1 fully saturated rings. The summed E-state index contributed by atoms with van der Waals surface area (Å²) in [5.41, 5.74) is 5.68. The van der Waals surface area contributed by atoms with Crippen LogP contribution < -0.4 is 10.6 Å². The molecule has 21 heavy (non-hydrogen) atoms. The minimum atomic E-state index is -1.06. The Balaban J connectivity index is 2.35. The molecule has 0 aromatic heterocycles. The number of rotatable bonds is 5. The molecule has 1 aliphatic carbocycles. The van der Waals surface area contributed by atoms with E-state index in [0.29, 0.717) is 23.6 Å². The average Bonchev–Trinajstić information content (AvgIpc) is 2.94. The van der Waals surface area contributed by atoms with Crippen LogP contribution in [0.3, 0.4) is 0 Å². The van der Waals surface area contributed by atoms with E-state index in [4.69, 9.17) is 22.4 Å². The van der Waals surface area contributed by atoms with Crippen LogP contribution in [0.2, 0.25) is 5.02 Å². The van der Waals surface area contributed by atoms with Crippen molar-refractivity contribution < 1.29 is 14.7 Å². The smallest absolute Gasteiger partial charge is 0.323 e. The Morgan fingerprint density at radius 1 is 1.33 bits per heavy atom. The first kappa shape index (κ1) is 15.8. The lowest BCUT2D eigenvalue weighted by Crippen LogP contribution is -2.48. The van der Waals surface area contributed by atoms with E-state index in [1.165, 1.54) is 4.90 Å². The van der Waals surface area contributed by atoms with Gasteiger partial charge in [0.2, 0.25) is 5.91 Å². The number of amides is 1. The highest BCUT2D eigenvalue weighted by Crippen LogP contribution is 2.40. The first-order valence-corrected chi connectivity index (χ1v) is 7.36. The minimum Gasteiger partial charge on any atom is -0.480 e. The van der Waals surface area contributed by atoms with Crippen LogP contribution in [0.1, 0.15) is 25.7 Å². The van der Waals surface area contributed by atoms with E-state index in [0.717, 1.165) is 12.8 Å². The lowest BCUT2D eigenvalue weighted by atomic mass is 9.84. The number of carboxylic acid groups (broad SMARTS) is 1. The van der Waals surface area contributed by atoms with Crippen molar-refractivity contribution in [3.63, 3.8) is 0 Å². The predicted octanol–water partition coefficient (Wildman–Crippen LogP) is 2.28. The lowest BCUT2D eigenvalue weighted by molar-refractivity contribution is -0.138. The maximum absolute atomic E-state index is 12.9. The number of nitrogens with two attached hydrogens (primary N) is 1. The molecular formula is C15H19ClN2O3. The summed E-state index contributed by atoms with van der Waals surface area (Å²) in [4.78, 5) is 25.3. The molecular weight excluding hydrogens is 292 g/mol. The standard InChI is InChI=1S/C15H19ClN2O3/c16-11-4-3-5-12(8-11)18(9-13(19)20)14(21)15(10-17)6-1-2-7-15/h3-5,8H,1-2,6-7,9-10,17H2,(H,19,20). The molecule has 3 N–H and O–H groups in total. The van der Waals surface area contributed by atoms with Gasteiger partial charge in [-0.3, -0.25) is 9.59 Å². The van der Waals surface area contributed by atoms with Crippen LogP contribution in [0.25, 0.3) is 0 Å². The van der Waals surface area contributed by atoms with Gasteiger partial charge in [0.05, 0.1) is 5.41 Å². The largest absolute Gasteiger partial charge is 0.480 e. The highest BCUT2D eigenvalue weighted by atomic mass is 35.5. The normalized spacial score (nSPS) is 16.7. The molecule has 114 valence electrons. The Labute approximate surface area is 128 Å². The third kappa shape index (κ3) is 3.36. The molecule has 0 spiro atoms. The van der Waals surface area contributed by atoms with Gasteiger partial charge < -0.3 is 15.7 Å². The Hall–Kier alpha value is -1.59. The number of benzene rings is 1. The fourth-order valence-electron chi connectivity index (χ4n) is 2.90. The second kappa shape index (κ2) is 6.45. The summed E-state index contributed by atoms with van der Waals surface area (Å²) < 4.78 is 0. The van der Waals surface area contributed by atoms with Crippen molar-refractivity contribution in [2.45, 2.75) is 25.7 Å². The summed E-state index contributed by atoms with van der Waals surface area (Å²) in [6, 6.07) is 6.67. The average molecular weight is 311 g/mol. The molecule has 1 aliphatic rings. The van der Waals surface area contributed by atoms with Crippen molar-refractivity contribution in [1.29, 1.82) is 0 Å². The quantitative estimate of drug-likeness (QED) is 0.874. The van der Waals surface area contributed by atoms with Gasteiger partial charge in [0.1, 0.15) is 6.54 Å². The van der Waals surface area contributed by atoms with Gasteiger partial charge >= 0.3 is 5.97 Å². The van der Waals surface area contributed by atoms with Crippen molar-refractivity contribution in [1.82, 2.24) is 0 Å². The minimum absolute atomic E-state index is 0.216. The van der Waals surface area contributed by atoms with Crippen molar-refractivity contribution in [3.8, 4) is 0 Å². The second-order valence-electron chi connectivity index (χ2n) is 5.46. The van der Waals surface area contributed by atoms with Crippen LogP contribution in [0.5, 0.6) is 0 Å². The number of hydrogen-bond acceptors (Lipinski definition) is 3. The molecule has 1 saturated carbocycles. The molecule has 0 aliphatic heterocycles. The molecule has 6 heteroatoms. The van der Waals surface area contributed by atoms with E-state index < -0.39 is 11.4 Å². The molecule has 0 saturated heterocycles. The van der Waals surface area contributed by atoms with Crippen LogP contribution in [0.15, 0.2) is 24.3 Å². The van der Waals surface area contributed by atoms with Gasteiger partial charge in [-0.25, -0.2) is 0 Å². The van der Waals surface area contributed by atoms with E-state index in [2.05, 4.69) is 0 Å². The van der Waals surface area contributed by atoms with Gasteiger partial charge in [0.25, 0.3) is 0 Å². The summed E-state index contributed by atoms with van der Waals surface area (Å²) in [5.74, 6) is -1.28. The zero-order valence-electron chi connectivity index (χ0n) is 11.7. The highest BCUT2D eigenvalue weighted by molar-refractivity contribution is 6.31. The summed E-state index contributed by atoms with van der Waals surface area (Å²) in [7, 11) is 0. The number of nitrogens with zero attached hydrogens (tertiary/aromatic N) is 1. The SMILES string of the molecule is NCC1(C(=O)N(CC(=O)O)c2cccc(Cl)c2)CCCC1. The summed E-state index contributed by atoms with van der Waals surface area (Å²) >= 11 is 5.95. The topological polar surface area (TPSA) is 83.6 Å². The summed E-state index contributed by atoms with van der Waals surface area (Å²) in [5, 5.41) is 9.57. The molecule has 2 rings (SSSR count). The Kier molecular flexibility index (Phi) is 4.85. The van der Waals surface area contributed by atoms with Crippen LogP contribution in [0, 0.1) is 5.41 Å². The third-order valence-electron chi connectivity index (χ3n) is 4.06. The molecule has 1 aromatic rings. The molecule has 0 atom stereocenters. The van der Waals surface area contributed by atoms with Crippen molar-refractivity contribution in [3.05, 3.63) is 29.3 Å². The Bertz CT molecular complexity index is 541. The number of carboxylic acids is 1. The number of anilines is 1. The van der Waals surface area contributed by atoms with E-state index in [1.807, 2.05) is 0 Å². The van der Waals surface area contributed by atoms with E-state index in [1.54, 1.807) is 24.3 Å². The number of hydrogen-bond donors (Lipinski definition) is 2. The fourth-order valence-corrected chi connectivity index (χ4v) is 3.09. The zero-order chi connectivity index (χ0) is 15.5. The molecule has 1 amide bonds. The third-order valence-corrected chi connectivity index (χ3v) is 4.30. The molecule has 5 nitrogen and oxygen atoms in total. The van der Waals surface area contributed by atoms with Crippen LogP contribution in [-0.2, 0) is 9.59 Å². The lowest BCUT2D eigenvalue weighted by Gasteiger charge is -2.32. The number of halogens is 1. The molecule has 0 radical (unpaired) electrons. The van der Waals surface area contributed by atoms with Gasteiger partial charge in [0, 0.05) is 17.3 Å². The number of aliphatic carboxylic acids is 1. The van der Waals surface area contributed by atoms with E-state index in [9.17, 15) is 9.59 Å². The monoisotopic (exact) mass is 310 g/mol. The fraction of sp³-hybridized carbons (Fsp3) is 0.467. The zero-order valence-corrected chi connectivity index (χ0v) is 12.5. The van der Waals surface area contributed by atoms with Crippen LogP contribution in [-0.4, -0.2) is 30.1 Å². The van der Waals surface area contributed by atoms with Crippen LogP contribution >= 0.6 is 11.6 Å². The molecule has 0 bridgehead atoms. The second-order valence-corrected chi connectivity index (χ2v) is 5.89. The summed E-state index contributed by atoms with van der Waals surface area (Å²) in [6.45, 7) is -0.149. The maximum Gasteiger partial charge on any atom is 0.323 e. The number of carbonyl (C=O) groups excluding carboxylic acids is 1. The Morgan fingerprint density at radius 3 is 2.52 bits per heavy atom. The van der Waals surface area contributed by atoms with Crippen molar-refractivity contribution >= 4 is 29.2 Å². The van der Waals surface area contributed by atoms with Gasteiger partial charge in [0.15, 0.2) is 0 Å². The first-order chi connectivity index (χ1) is 9.98. The summed E-state index contributed by atoms with van der Waals surface area (Å²) in [6.07, 6.45) is 3.30. The predicted molar refractivity (Wildman–Crippen MR) is 81.4 cm³/mol. The van der Waals surface area contributed by atoms with Gasteiger partial charge in [-0.2, -0.15) is 0 Å². The number of carbonyl (C=O) groups is 2.